The first-order valence-corrected chi connectivity index (χ1v) is 10.1. The number of para-hydroxylation sites is 2. The second-order valence-corrected chi connectivity index (χ2v) is 7.54. The molecule has 1 aromatic carbocycles. The van der Waals surface area contributed by atoms with Crippen LogP contribution in [0, 0.1) is 0 Å². The Morgan fingerprint density at radius 1 is 1.09 bits per heavy atom. The van der Waals surface area contributed by atoms with Crippen LogP contribution in [0.25, 0.3) is 27.8 Å². The molecule has 32 heavy (non-hydrogen) atoms. The smallest absolute Gasteiger partial charge is 0.380 e. The fourth-order valence-corrected chi connectivity index (χ4v) is 3.88. The van der Waals surface area contributed by atoms with Crippen molar-refractivity contribution in [3.63, 3.8) is 0 Å². The Balaban J connectivity index is 1.62. The van der Waals surface area contributed by atoms with Gasteiger partial charge >= 0.3 is 6.18 Å². The standard InChI is InChI=1S/C21H19F3N6O2/c22-21(23,24)12-30-18-10-16(20(31)28-6-3-8-32-9-7-28)25-11-14(18)19(27-30)29-13-26-15-4-1-2-5-17(15)29/h1-2,4-5,10-11,13H,3,6-9,12H2. The number of pyridine rings is 1. The van der Waals surface area contributed by atoms with E-state index in [4.69, 9.17) is 4.74 Å². The topological polar surface area (TPSA) is 78.1 Å². The summed E-state index contributed by atoms with van der Waals surface area (Å²) in [6.45, 7) is 0.610. The van der Waals surface area contributed by atoms with Gasteiger partial charge in [0.2, 0.25) is 0 Å². The molecule has 0 spiro atoms. The number of alkyl halides is 3. The minimum Gasteiger partial charge on any atom is -0.380 e. The summed E-state index contributed by atoms with van der Waals surface area (Å²) in [4.78, 5) is 23.1. The van der Waals surface area contributed by atoms with Gasteiger partial charge in [0.25, 0.3) is 5.91 Å². The Hall–Kier alpha value is -3.47. The number of imidazole rings is 1. The highest BCUT2D eigenvalue weighted by Crippen LogP contribution is 2.28. The molecular weight excluding hydrogens is 425 g/mol. The van der Waals surface area contributed by atoms with E-state index in [-0.39, 0.29) is 22.9 Å². The maximum absolute atomic E-state index is 13.3. The third kappa shape index (κ3) is 3.79. The van der Waals surface area contributed by atoms with Gasteiger partial charge in [-0.1, -0.05) is 12.1 Å². The lowest BCUT2D eigenvalue weighted by Gasteiger charge is -2.19. The first-order valence-electron chi connectivity index (χ1n) is 10.1. The highest BCUT2D eigenvalue weighted by molar-refractivity contribution is 5.97. The third-order valence-electron chi connectivity index (χ3n) is 5.36. The normalized spacial score (nSPS) is 15.4. The van der Waals surface area contributed by atoms with E-state index in [2.05, 4.69) is 15.1 Å². The highest BCUT2D eigenvalue weighted by atomic mass is 19.4. The molecule has 3 aromatic heterocycles. The molecule has 0 radical (unpaired) electrons. The van der Waals surface area contributed by atoms with Crippen LogP contribution in [-0.2, 0) is 11.3 Å². The first-order chi connectivity index (χ1) is 15.4. The van der Waals surface area contributed by atoms with Crippen LogP contribution < -0.4 is 0 Å². The van der Waals surface area contributed by atoms with E-state index in [1.54, 1.807) is 15.5 Å². The number of nitrogens with zero attached hydrogens (tertiary/aromatic N) is 6. The van der Waals surface area contributed by atoms with Crippen LogP contribution in [0.3, 0.4) is 0 Å². The van der Waals surface area contributed by atoms with E-state index in [9.17, 15) is 18.0 Å². The van der Waals surface area contributed by atoms with Gasteiger partial charge in [-0.2, -0.15) is 18.3 Å². The van der Waals surface area contributed by atoms with Gasteiger partial charge in [0.05, 0.1) is 28.5 Å². The van der Waals surface area contributed by atoms with Gasteiger partial charge in [0.15, 0.2) is 5.82 Å². The van der Waals surface area contributed by atoms with Gasteiger partial charge in [-0.25, -0.2) is 4.98 Å². The zero-order chi connectivity index (χ0) is 22.3. The first kappa shape index (κ1) is 20.4. The zero-order valence-electron chi connectivity index (χ0n) is 16.9. The minimum absolute atomic E-state index is 0.0739. The summed E-state index contributed by atoms with van der Waals surface area (Å²) >= 11 is 0. The predicted molar refractivity (Wildman–Crippen MR) is 110 cm³/mol. The molecule has 0 unspecified atom stereocenters. The second kappa shape index (κ2) is 7.90. The summed E-state index contributed by atoms with van der Waals surface area (Å²) in [7, 11) is 0. The van der Waals surface area contributed by atoms with Gasteiger partial charge in [0.1, 0.15) is 18.6 Å². The number of amides is 1. The average molecular weight is 444 g/mol. The number of benzene rings is 1. The molecule has 4 heterocycles. The largest absolute Gasteiger partial charge is 0.408 e. The minimum atomic E-state index is -4.48. The predicted octanol–water partition coefficient (Wildman–Crippen LogP) is 3.20. The molecule has 5 rings (SSSR count). The van der Waals surface area contributed by atoms with Crippen LogP contribution in [0.15, 0.2) is 42.9 Å². The number of hydrogen-bond acceptors (Lipinski definition) is 5. The van der Waals surface area contributed by atoms with Crippen LogP contribution >= 0.6 is 0 Å². The molecule has 1 amide bonds. The molecule has 0 aliphatic carbocycles. The summed E-state index contributed by atoms with van der Waals surface area (Å²) in [5.74, 6) is -0.0700. The van der Waals surface area contributed by atoms with Crippen molar-refractivity contribution in [1.82, 2.24) is 29.2 Å². The SMILES string of the molecule is O=C(c1cc2c(cn1)c(-n1cnc3ccccc31)nn2CC(F)(F)F)N1CCCOCC1. The van der Waals surface area contributed by atoms with Crippen molar-refractivity contribution in [2.45, 2.75) is 19.1 Å². The van der Waals surface area contributed by atoms with E-state index in [0.29, 0.717) is 49.1 Å². The van der Waals surface area contributed by atoms with Crippen LogP contribution in [0.5, 0.6) is 0 Å². The van der Waals surface area contributed by atoms with E-state index in [1.807, 2.05) is 18.2 Å². The van der Waals surface area contributed by atoms with E-state index >= 15 is 0 Å². The van der Waals surface area contributed by atoms with Crippen molar-refractivity contribution in [2.75, 3.05) is 26.3 Å². The van der Waals surface area contributed by atoms with E-state index in [1.165, 1.54) is 18.6 Å². The van der Waals surface area contributed by atoms with Crippen molar-refractivity contribution in [3.8, 4) is 5.82 Å². The Morgan fingerprint density at radius 2 is 1.94 bits per heavy atom. The number of fused-ring (bicyclic) bond motifs is 2. The molecule has 1 aliphatic rings. The van der Waals surface area contributed by atoms with Crippen LogP contribution in [0.4, 0.5) is 13.2 Å². The summed E-state index contributed by atoms with van der Waals surface area (Å²) in [5.41, 5.74) is 1.65. The zero-order valence-corrected chi connectivity index (χ0v) is 16.9. The maximum atomic E-state index is 13.3. The Kier molecular flexibility index (Phi) is 5.04. The van der Waals surface area contributed by atoms with Crippen molar-refractivity contribution in [1.29, 1.82) is 0 Å². The molecule has 1 aliphatic heterocycles. The molecule has 0 N–H and O–H groups in total. The van der Waals surface area contributed by atoms with Crippen LogP contribution in [0.1, 0.15) is 16.9 Å². The highest BCUT2D eigenvalue weighted by Gasteiger charge is 2.31. The molecule has 8 nitrogen and oxygen atoms in total. The van der Waals surface area contributed by atoms with Crippen molar-refractivity contribution in [2.24, 2.45) is 0 Å². The second-order valence-electron chi connectivity index (χ2n) is 7.54. The molecule has 166 valence electrons. The van der Waals surface area contributed by atoms with Crippen LogP contribution in [-0.4, -0.2) is 67.6 Å². The number of halogens is 3. The molecule has 11 heteroatoms. The summed E-state index contributed by atoms with van der Waals surface area (Å²) in [6, 6.07) is 8.64. The van der Waals surface area contributed by atoms with Gasteiger partial charge < -0.3 is 9.64 Å². The monoisotopic (exact) mass is 444 g/mol. The number of rotatable bonds is 3. The summed E-state index contributed by atoms with van der Waals surface area (Å²) in [6.07, 6.45) is -0.873. The molecule has 0 atom stereocenters. The number of aromatic nitrogens is 5. The lowest BCUT2D eigenvalue weighted by atomic mass is 10.2. The number of carbonyl (C=O) groups excluding carboxylic acids is 1. The molecule has 0 bridgehead atoms. The maximum Gasteiger partial charge on any atom is 0.408 e. The Morgan fingerprint density at radius 3 is 2.78 bits per heavy atom. The van der Waals surface area contributed by atoms with Gasteiger partial charge in [-0.3, -0.25) is 19.0 Å². The molecule has 1 fully saturated rings. The summed E-state index contributed by atoms with van der Waals surface area (Å²) < 4.78 is 47.7. The molecule has 1 saturated heterocycles. The lowest BCUT2D eigenvalue weighted by Crippen LogP contribution is -2.33. The fourth-order valence-electron chi connectivity index (χ4n) is 3.88. The van der Waals surface area contributed by atoms with Crippen molar-refractivity contribution in [3.05, 3.63) is 48.5 Å². The Bertz CT molecular complexity index is 1290. The van der Waals surface area contributed by atoms with E-state index in [0.717, 1.165) is 4.68 Å². The summed E-state index contributed by atoms with van der Waals surface area (Å²) in [5, 5.41) is 4.63. The van der Waals surface area contributed by atoms with Gasteiger partial charge in [0, 0.05) is 25.9 Å². The van der Waals surface area contributed by atoms with E-state index < -0.39 is 12.7 Å². The number of hydrogen-bond donors (Lipinski definition) is 0. The van der Waals surface area contributed by atoms with Crippen LogP contribution in [0.2, 0.25) is 0 Å². The third-order valence-corrected chi connectivity index (χ3v) is 5.36. The average Bonchev–Trinajstić information content (AvgIpc) is 3.21. The molecular formula is C21H19F3N6O2. The molecule has 0 saturated carbocycles. The fraction of sp³-hybridized carbons (Fsp3) is 0.333. The molecule has 4 aromatic rings. The van der Waals surface area contributed by atoms with Gasteiger partial charge in [-0.15, -0.1) is 0 Å². The quantitative estimate of drug-likeness (QED) is 0.485. The number of carbonyl (C=O) groups is 1. The van der Waals surface area contributed by atoms with Gasteiger partial charge in [-0.05, 0) is 24.6 Å². The Labute approximate surface area is 180 Å². The van der Waals surface area contributed by atoms with Crippen molar-refractivity contribution < 1.29 is 22.7 Å². The number of ether oxygens (including phenoxy) is 1. The van der Waals surface area contributed by atoms with Crippen molar-refractivity contribution >= 4 is 27.8 Å². The lowest BCUT2D eigenvalue weighted by molar-refractivity contribution is -0.141.